The van der Waals surface area contributed by atoms with Gasteiger partial charge in [-0.2, -0.15) is 0 Å². The molecule has 2 nitrogen and oxygen atoms in total. The van der Waals surface area contributed by atoms with Gasteiger partial charge in [-0.3, -0.25) is 4.79 Å². The highest BCUT2D eigenvalue weighted by Gasteiger charge is 2.21. The summed E-state index contributed by atoms with van der Waals surface area (Å²) in [6.07, 6.45) is 1.85. The maximum Gasteiger partial charge on any atom is 0.263 e. The van der Waals surface area contributed by atoms with Crippen LogP contribution >= 0.6 is 51.7 Å². The molecule has 2 aromatic rings. The predicted octanol–water partition coefficient (Wildman–Crippen LogP) is 5.40. The standard InChI is InChI=1S/C17H12BrNOS3/c1-10-2-5-12(6-3-10)22-14-7-4-11(8-13(14)18)9-15-16(20)19-17(21)23-15/h2-9H,1H3,(H,19,20,21)/b15-9-. The largest absolute Gasteiger partial charge is 0.307 e. The van der Waals surface area contributed by atoms with E-state index in [9.17, 15) is 4.79 Å². The molecule has 3 rings (SSSR count). The molecule has 1 saturated heterocycles. The molecule has 1 N–H and O–H groups in total. The number of amides is 1. The van der Waals surface area contributed by atoms with Crippen LogP contribution in [-0.4, -0.2) is 10.2 Å². The minimum absolute atomic E-state index is 0.130. The number of thioether (sulfide) groups is 1. The SMILES string of the molecule is Cc1ccc(Sc2ccc(/C=C3\SC(=S)NC3=O)cc2Br)cc1. The number of halogens is 1. The molecule has 1 amide bonds. The van der Waals surface area contributed by atoms with Crippen LogP contribution in [0.25, 0.3) is 6.08 Å². The second kappa shape index (κ2) is 7.21. The summed E-state index contributed by atoms with van der Waals surface area (Å²) in [7, 11) is 0. The maximum atomic E-state index is 11.7. The summed E-state index contributed by atoms with van der Waals surface area (Å²) in [4.78, 5) is 14.7. The first-order valence-corrected chi connectivity index (χ1v) is 9.63. The van der Waals surface area contributed by atoms with Crippen LogP contribution in [0.15, 0.2) is 61.6 Å². The first-order chi connectivity index (χ1) is 11.0. The zero-order valence-electron chi connectivity index (χ0n) is 12.1. The Labute approximate surface area is 157 Å². The third-order valence-corrected chi connectivity index (χ3v) is 6.31. The van der Waals surface area contributed by atoms with Crippen molar-refractivity contribution < 1.29 is 4.79 Å². The summed E-state index contributed by atoms with van der Waals surface area (Å²) in [5, 5.41) is 2.62. The van der Waals surface area contributed by atoms with E-state index in [0.29, 0.717) is 9.23 Å². The van der Waals surface area contributed by atoms with Crippen molar-refractivity contribution in [2.45, 2.75) is 16.7 Å². The van der Waals surface area contributed by atoms with Crippen LogP contribution in [0.3, 0.4) is 0 Å². The second-order valence-corrected chi connectivity index (χ2v) is 8.65. The minimum Gasteiger partial charge on any atom is -0.307 e. The molecule has 23 heavy (non-hydrogen) atoms. The Hall–Kier alpha value is -1.08. The monoisotopic (exact) mass is 421 g/mol. The normalized spacial score (nSPS) is 16.0. The molecule has 6 heteroatoms. The van der Waals surface area contributed by atoms with Gasteiger partial charge in [-0.1, -0.05) is 59.5 Å². The minimum atomic E-state index is -0.130. The first-order valence-electron chi connectivity index (χ1n) is 6.80. The van der Waals surface area contributed by atoms with Crippen LogP contribution in [0.4, 0.5) is 0 Å². The van der Waals surface area contributed by atoms with E-state index in [1.165, 1.54) is 22.2 Å². The van der Waals surface area contributed by atoms with Gasteiger partial charge in [0.05, 0.1) is 4.91 Å². The Bertz CT molecular complexity index is 815. The fraction of sp³-hybridized carbons (Fsp3) is 0.0588. The van der Waals surface area contributed by atoms with E-state index in [-0.39, 0.29) is 5.91 Å². The molecule has 0 atom stereocenters. The highest BCUT2D eigenvalue weighted by molar-refractivity contribution is 9.10. The van der Waals surface area contributed by atoms with Gasteiger partial charge in [0, 0.05) is 14.3 Å². The summed E-state index contributed by atoms with van der Waals surface area (Å²) in [6, 6.07) is 14.5. The summed E-state index contributed by atoms with van der Waals surface area (Å²) < 4.78 is 1.51. The number of hydrogen-bond donors (Lipinski definition) is 1. The highest BCUT2D eigenvalue weighted by atomic mass is 79.9. The van der Waals surface area contributed by atoms with E-state index in [1.54, 1.807) is 11.8 Å². The average Bonchev–Trinajstić information content (AvgIpc) is 2.82. The zero-order chi connectivity index (χ0) is 16.4. The van der Waals surface area contributed by atoms with Crippen molar-refractivity contribution in [2.24, 2.45) is 0 Å². The molecule has 0 unspecified atom stereocenters. The molecule has 0 aromatic heterocycles. The van der Waals surface area contributed by atoms with Gasteiger partial charge in [0.2, 0.25) is 0 Å². The third-order valence-electron chi connectivity index (χ3n) is 3.14. The lowest BCUT2D eigenvalue weighted by Gasteiger charge is -2.06. The topological polar surface area (TPSA) is 29.1 Å². The summed E-state index contributed by atoms with van der Waals surface area (Å²) >= 11 is 11.6. The van der Waals surface area contributed by atoms with Crippen molar-refractivity contribution in [2.75, 3.05) is 0 Å². The lowest BCUT2D eigenvalue weighted by atomic mass is 10.2. The van der Waals surface area contributed by atoms with Crippen molar-refractivity contribution in [3.63, 3.8) is 0 Å². The van der Waals surface area contributed by atoms with E-state index in [1.807, 2.05) is 18.2 Å². The Morgan fingerprint density at radius 2 is 1.96 bits per heavy atom. The molecule has 0 radical (unpaired) electrons. The van der Waals surface area contributed by atoms with E-state index < -0.39 is 0 Å². The van der Waals surface area contributed by atoms with Gasteiger partial charge < -0.3 is 5.32 Å². The lowest BCUT2D eigenvalue weighted by Crippen LogP contribution is -2.17. The van der Waals surface area contributed by atoms with E-state index in [4.69, 9.17) is 12.2 Å². The lowest BCUT2D eigenvalue weighted by molar-refractivity contribution is -0.115. The average molecular weight is 422 g/mol. The van der Waals surface area contributed by atoms with Gasteiger partial charge in [0.1, 0.15) is 4.32 Å². The Balaban J connectivity index is 1.81. The molecule has 1 aliphatic heterocycles. The van der Waals surface area contributed by atoms with Crippen molar-refractivity contribution in [1.29, 1.82) is 0 Å². The van der Waals surface area contributed by atoms with Crippen molar-refractivity contribution in [3.05, 3.63) is 63.0 Å². The molecule has 2 aromatic carbocycles. The van der Waals surface area contributed by atoms with Crippen LogP contribution in [0, 0.1) is 6.92 Å². The van der Waals surface area contributed by atoms with Crippen molar-refractivity contribution >= 4 is 68.0 Å². The van der Waals surface area contributed by atoms with Crippen LogP contribution in [0.1, 0.15) is 11.1 Å². The van der Waals surface area contributed by atoms with Crippen molar-refractivity contribution in [1.82, 2.24) is 5.32 Å². The number of carbonyl (C=O) groups excluding carboxylic acids is 1. The number of rotatable bonds is 3. The van der Waals surface area contributed by atoms with Gasteiger partial charge in [-0.05, 0) is 58.8 Å². The van der Waals surface area contributed by atoms with Gasteiger partial charge in [0.25, 0.3) is 5.91 Å². The molecule has 1 aliphatic rings. The van der Waals surface area contributed by atoms with Gasteiger partial charge in [-0.25, -0.2) is 0 Å². The van der Waals surface area contributed by atoms with Crippen LogP contribution < -0.4 is 5.32 Å². The molecular formula is C17H12BrNOS3. The number of carbonyl (C=O) groups is 1. The van der Waals surface area contributed by atoms with Crippen LogP contribution in [0.2, 0.25) is 0 Å². The Morgan fingerprint density at radius 3 is 2.57 bits per heavy atom. The maximum absolute atomic E-state index is 11.7. The van der Waals surface area contributed by atoms with E-state index in [2.05, 4.69) is 58.5 Å². The molecule has 0 spiro atoms. The summed E-state index contributed by atoms with van der Waals surface area (Å²) in [5.41, 5.74) is 2.22. The summed E-state index contributed by atoms with van der Waals surface area (Å²) in [6.45, 7) is 2.08. The van der Waals surface area contributed by atoms with Gasteiger partial charge in [-0.15, -0.1) is 0 Å². The van der Waals surface area contributed by atoms with Crippen molar-refractivity contribution in [3.8, 4) is 0 Å². The fourth-order valence-electron chi connectivity index (χ4n) is 2.00. The molecular weight excluding hydrogens is 410 g/mol. The summed E-state index contributed by atoms with van der Waals surface area (Å²) in [5.74, 6) is -0.130. The molecule has 0 saturated carbocycles. The molecule has 116 valence electrons. The molecule has 1 heterocycles. The van der Waals surface area contributed by atoms with Gasteiger partial charge in [0.15, 0.2) is 0 Å². The predicted molar refractivity (Wildman–Crippen MR) is 106 cm³/mol. The number of thiocarbonyl (C=S) groups is 1. The smallest absolute Gasteiger partial charge is 0.263 e. The Morgan fingerprint density at radius 1 is 1.22 bits per heavy atom. The quantitative estimate of drug-likeness (QED) is 0.530. The number of aryl methyl sites for hydroxylation is 1. The number of hydrogen-bond acceptors (Lipinski definition) is 4. The van der Waals surface area contributed by atoms with E-state index in [0.717, 1.165) is 14.9 Å². The second-order valence-electron chi connectivity index (χ2n) is 4.96. The molecule has 0 bridgehead atoms. The first kappa shape index (κ1) is 16.8. The van der Waals surface area contributed by atoms with Gasteiger partial charge >= 0.3 is 0 Å². The third kappa shape index (κ3) is 4.26. The molecule has 0 aliphatic carbocycles. The highest BCUT2D eigenvalue weighted by Crippen LogP contribution is 2.35. The van der Waals surface area contributed by atoms with Crippen LogP contribution in [-0.2, 0) is 4.79 Å². The molecule has 1 fully saturated rings. The van der Waals surface area contributed by atoms with Crippen LogP contribution in [0.5, 0.6) is 0 Å². The van der Waals surface area contributed by atoms with E-state index >= 15 is 0 Å². The fourth-order valence-corrected chi connectivity index (χ4v) is 4.50. The zero-order valence-corrected chi connectivity index (χ0v) is 16.2. The number of benzene rings is 2. The Kier molecular flexibility index (Phi) is 5.26. The number of nitrogens with one attached hydrogen (secondary N) is 1.